The lowest BCUT2D eigenvalue weighted by Gasteiger charge is -2.28. The predicted molar refractivity (Wildman–Crippen MR) is 94.1 cm³/mol. The van der Waals surface area contributed by atoms with Crippen molar-refractivity contribution in [3.63, 3.8) is 0 Å². The number of carbonyl (C=O) groups is 3. The first-order chi connectivity index (χ1) is 12.2. The van der Waals surface area contributed by atoms with Gasteiger partial charge in [0.15, 0.2) is 0 Å². The minimum atomic E-state index is -0.773. The molecule has 26 heavy (non-hydrogen) atoms. The SMILES string of the molecule is CC(=O)OC(C)CCCC1OC(=O)C(C)C(OC(C)=O)C=CCCC1O. The fraction of sp³-hybridized carbons (Fsp3) is 0.737. The van der Waals surface area contributed by atoms with Gasteiger partial charge in [-0.1, -0.05) is 6.08 Å². The van der Waals surface area contributed by atoms with Gasteiger partial charge < -0.3 is 19.3 Å². The topological polar surface area (TPSA) is 99.1 Å². The molecule has 0 saturated heterocycles. The molecule has 7 heteroatoms. The van der Waals surface area contributed by atoms with Crippen molar-refractivity contribution in [3.05, 3.63) is 12.2 Å². The highest BCUT2D eigenvalue weighted by molar-refractivity contribution is 5.74. The molecule has 1 aliphatic heterocycles. The van der Waals surface area contributed by atoms with Crippen LogP contribution in [0.2, 0.25) is 0 Å². The monoisotopic (exact) mass is 370 g/mol. The Balaban J connectivity index is 2.69. The second-order valence-electron chi connectivity index (χ2n) is 6.76. The van der Waals surface area contributed by atoms with Crippen molar-refractivity contribution in [2.24, 2.45) is 5.92 Å². The molecule has 1 N–H and O–H groups in total. The summed E-state index contributed by atoms with van der Waals surface area (Å²) in [6, 6.07) is 0. The van der Waals surface area contributed by atoms with E-state index in [0.717, 1.165) is 0 Å². The maximum absolute atomic E-state index is 12.4. The Morgan fingerprint density at radius 2 is 2.04 bits per heavy atom. The zero-order valence-electron chi connectivity index (χ0n) is 16.0. The highest BCUT2D eigenvalue weighted by atomic mass is 16.6. The number of allylic oxidation sites excluding steroid dienone is 1. The number of carbonyl (C=O) groups excluding carboxylic acids is 3. The highest BCUT2D eigenvalue weighted by Crippen LogP contribution is 2.21. The summed E-state index contributed by atoms with van der Waals surface area (Å²) in [5.41, 5.74) is 0. The number of rotatable bonds is 6. The molecule has 0 aromatic carbocycles. The number of cyclic esters (lactones) is 1. The Morgan fingerprint density at radius 3 is 2.65 bits per heavy atom. The van der Waals surface area contributed by atoms with E-state index in [0.29, 0.717) is 32.1 Å². The molecule has 0 aliphatic carbocycles. The minimum absolute atomic E-state index is 0.227. The summed E-state index contributed by atoms with van der Waals surface area (Å²) in [6.45, 7) is 6.08. The maximum Gasteiger partial charge on any atom is 0.313 e. The zero-order valence-corrected chi connectivity index (χ0v) is 16.0. The molecule has 5 unspecified atom stereocenters. The van der Waals surface area contributed by atoms with Gasteiger partial charge in [-0.05, 0) is 52.0 Å². The van der Waals surface area contributed by atoms with E-state index in [1.165, 1.54) is 13.8 Å². The average Bonchev–Trinajstić information content (AvgIpc) is 2.53. The van der Waals surface area contributed by atoms with Crippen molar-refractivity contribution in [1.29, 1.82) is 0 Å². The molecule has 1 rings (SSSR count). The van der Waals surface area contributed by atoms with Gasteiger partial charge in [0.25, 0.3) is 0 Å². The van der Waals surface area contributed by atoms with Gasteiger partial charge in [-0.25, -0.2) is 0 Å². The first kappa shape index (κ1) is 22.2. The molecule has 0 aromatic rings. The molecule has 0 fully saturated rings. The van der Waals surface area contributed by atoms with Gasteiger partial charge in [0.05, 0.1) is 18.1 Å². The van der Waals surface area contributed by atoms with Crippen molar-refractivity contribution in [2.75, 3.05) is 0 Å². The Labute approximate surface area is 154 Å². The Bertz CT molecular complexity index is 514. The lowest BCUT2D eigenvalue weighted by atomic mass is 9.98. The molecule has 5 atom stereocenters. The van der Waals surface area contributed by atoms with E-state index in [-0.39, 0.29) is 12.1 Å². The van der Waals surface area contributed by atoms with E-state index in [1.807, 2.05) is 6.08 Å². The van der Waals surface area contributed by atoms with Crippen LogP contribution in [0, 0.1) is 5.92 Å². The molecule has 0 bridgehead atoms. The lowest BCUT2D eigenvalue weighted by molar-refractivity contribution is -0.166. The number of aliphatic hydroxyl groups is 1. The molecule has 7 nitrogen and oxygen atoms in total. The second kappa shape index (κ2) is 11.0. The molecule has 0 saturated carbocycles. The first-order valence-electron chi connectivity index (χ1n) is 9.10. The molecule has 1 heterocycles. The Morgan fingerprint density at radius 1 is 1.35 bits per heavy atom. The van der Waals surface area contributed by atoms with Gasteiger partial charge in [0.2, 0.25) is 0 Å². The normalized spacial score (nSPS) is 28.0. The van der Waals surface area contributed by atoms with Crippen LogP contribution in [0.25, 0.3) is 0 Å². The summed E-state index contributed by atoms with van der Waals surface area (Å²) in [5.74, 6) is -1.98. The van der Waals surface area contributed by atoms with Crippen LogP contribution >= 0.6 is 0 Å². The van der Waals surface area contributed by atoms with Gasteiger partial charge in [-0.3, -0.25) is 14.4 Å². The van der Waals surface area contributed by atoms with Crippen LogP contribution in [0.5, 0.6) is 0 Å². The van der Waals surface area contributed by atoms with Crippen LogP contribution in [0.15, 0.2) is 12.2 Å². The summed E-state index contributed by atoms with van der Waals surface area (Å²) >= 11 is 0. The molecule has 0 spiro atoms. The van der Waals surface area contributed by atoms with Crippen LogP contribution in [0.4, 0.5) is 0 Å². The molecule has 148 valence electrons. The van der Waals surface area contributed by atoms with Crippen molar-refractivity contribution in [3.8, 4) is 0 Å². The van der Waals surface area contributed by atoms with Crippen molar-refractivity contribution >= 4 is 17.9 Å². The fourth-order valence-corrected chi connectivity index (χ4v) is 2.85. The van der Waals surface area contributed by atoms with Crippen molar-refractivity contribution in [2.45, 2.75) is 84.2 Å². The maximum atomic E-state index is 12.4. The minimum Gasteiger partial charge on any atom is -0.463 e. The third-order valence-corrected chi connectivity index (χ3v) is 4.28. The smallest absolute Gasteiger partial charge is 0.313 e. The van der Waals surface area contributed by atoms with E-state index in [1.54, 1.807) is 19.9 Å². The van der Waals surface area contributed by atoms with Crippen molar-refractivity contribution in [1.82, 2.24) is 0 Å². The molecule has 0 amide bonds. The van der Waals surface area contributed by atoms with Gasteiger partial charge in [-0.15, -0.1) is 0 Å². The summed E-state index contributed by atoms with van der Waals surface area (Å²) < 4.78 is 15.8. The van der Waals surface area contributed by atoms with E-state index in [4.69, 9.17) is 14.2 Å². The number of aliphatic hydroxyl groups excluding tert-OH is 1. The highest BCUT2D eigenvalue weighted by Gasteiger charge is 2.31. The number of esters is 3. The van der Waals surface area contributed by atoms with Crippen LogP contribution in [0.1, 0.15) is 59.8 Å². The van der Waals surface area contributed by atoms with E-state index in [9.17, 15) is 19.5 Å². The Hall–Kier alpha value is -1.89. The quantitative estimate of drug-likeness (QED) is 0.435. The second-order valence-corrected chi connectivity index (χ2v) is 6.76. The zero-order chi connectivity index (χ0) is 19.7. The standard InChI is InChI=1S/C19H30O7/c1-12(24-14(3)20)8-7-11-18-16(22)9-5-6-10-17(25-15(4)21)13(2)19(23)26-18/h6,10,12-13,16-18,22H,5,7-9,11H2,1-4H3. The average molecular weight is 370 g/mol. The number of ether oxygens (including phenoxy) is 3. The lowest BCUT2D eigenvalue weighted by Crippen LogP contribution is -2.37. The number of hydrogen-bond donors (Lipinski definition) is 1. The van der Waals surface area contributed by atoms with Gasteiger partial charge in [0.1, 0.15) is 12.2 Å². The van der Waals surface area contributed by atoms with Gasteiger partial charge >= 0.3 is 17.9 Å². The Kier molecular flexibility index (Phi) is 9.34. The van der Waals surface area contributed by atoms with Crippen LogP contribution < -0.4 is 0 Å². The summed E-state index contributed by atoms with van der Waals surface area (Å²) in [4.78, 5) is 34.6. The summed E-state index contributed by atoms with van der Waals surface area (Å²) in [5, 5.41) is 10.3. The van der Waals surface area contributed by atoms with E-state index in [2.05, 4.69) is 0 Å². The molecule has 0 radical (unpaired) electrons. The van der Waals surface area contributed by atoms with Crippen LogP contribution in [-0.2, 0) is 28.6 Å². The third-order valence-electron chi connectivity index (χ3n) is 4.28. The summed E-state index contributed by atoms with van der Waals surface area (Å²) in [6.07, 6.45) is 3.91. The third kappa shape index (κ3) is 7.99. The molecule has 1 aliphatic rings. The van der Waals surface area contributed by atoms with Gasteiger partial charge in [-0.2, -0.15) is 0 Å². The van der Waals surface area contributed by atoms with Crippen molar-refractivity contribution < 1.29 is 33.7 Å². The molecular formula is C19H30O7. The molecular weight excluding hydrogens is 340 g/mol. The largest absolute Gasteiger partial charge is 0.463 e. The predicted octanol–water partition coefficient (Wildman–Crippen LogP) is 2.30. The van der Waals surface area contributed by atoms with E-state index < -0.39 is 36.2 Å². The van der Waals surface area contributed by atoms with E-state index >= 15 is 0 Å². The van der Waals surface area contributed by atoms with Crippen LogP contribution in [-0.4, -0.2) is 47.4 Å². The summed E-state index contributed by atoms with van der Waals surface area (Å²) in [7, 11) is 0. The van der Waals surface area contributed by atoms with Crippen LogP contribution in [0.3, 0.4) is 0 Å². The first-order valence-corrected chi connectivity index (χ1v) is 9.10. The molecule has 0 aromatic heterocycles. The number of hydrogen-bond acceptors (Lipinski definition) is 7. The fourth-order valence-electron chi connectivity index (χ4n) is 2.85. The van der Waals surface area contributed by atoms with Gasteiger partial charge in [0, 0.05) is 13.8 Å².